The highest BCUT2D eigenvalue weighted by atomic mass is 16.3. The molecule has 15 heavy (non-hydrogen) atoms. The fraction of sp³-hybridized carbons (Fsp3) is 1.00. The lowest BCUT2D eigenvalue weighted by molar-refractivity contribution is 0.0420. The molecule has 0 radical (unpaired) electrons. The largest absolute Gasteiger partial charge is 0.390 e. The Balaban J connectivity index is 1.87. The third-order valence-electron chi connectivity index (χ3n) is 4.19. The predicted molar refractivity (Wildman–Crippen MR) is 62.9 cm³/mol. The minimum absolute atomic E-state index is 0.399. The van der Waals surface area contributed by atoms with E-state index in [1.54, 1.807) is 0 Å². The van der Waals surface area contributed by atoms with Gasteiger partial charge in [0.2, 0.25) is 0 Å². The van der Waals surface area contributed by atoms with Crippen LogP contribution in [0, 0.1) is 0 Å². The molecule has 0 bridgehead atoms. The average molecular weight is 211 g/mol. The van der Waals surface area contributed by atoms with Crippen molar-refractivity contribution in [2.45, 2.75) is 69.9 Å². The number of hydrogen-bond acceptors (Lipinski definition) is 2. The van der Waals surface area contributed by atoms with Gasteiger partial charge in [0.25, 0.3) is 0 Å². The summed E-state index contributed by atoms with van der Waals surface area (Å²) >= 11 is 0. The highest BCUT2D eigenvalue weighted by molar-refractivity contribution is 4.83. The molecule has 0 spiro atoms. The van der Waals surface area contributed by atoms with Crippen LogP contribution in [-0.4, -0.2) is 34.7 Å². The number of hydrogen-bond donors (Lipinski definition) is 1. The van der Waals surface area contributed by atoms with Gasteiger partial charge in [-0.1, -0.05) is 19.3 Å². The van der Waals surface area contributed by atoms with Crippen LogP contribution in [0.3, 0.4) is 0 Å². The Morgan fingerprint density at radius 1 is 1.00 bits per heavy atom. The topological polar surface area (TPSA) is 23.5 Å². The van der Waals surface area contributed by atoms with Gasteiger partial charge in [0.05, 0.1) is 5.60 Å². The molecule has 2 aliphatic rings. The van der Waals surface area contributed by atoms with Crippen LogP contribution in [0.5, 0.6) is 0 Å². The molecule has 1 heterocycles. The highest BCUT2D eigenvalue weighted by Gasteiger charge is 2.28. The summed E-state index contributed by atoms with van der Waals surface area (Å²) in [5.41, 5.74) is -0.399. The van der Waals surface area contributed by atoms with E-state index in [2.05, 4.69) is 4.90 Å². The lowest BCUT2D eigenvalue weighted by Gasteiger charge is -2.33. The summed E-state index contributed by atoms with van der Waals surface area (Å²) in [7, 11) is 0. The van der Waals surface area contributed by atoms with Crippen molar-refractivity contribution in [3.63, 3.8) is 0 Å². The maximum Gasteiger partial charge on any atom is 0.0632 e. The van der Waals surface area contributed by atoms with E-state index in [0.717, 1.165) is 25.4 Å². The van der Waals surface area contributed by atoms with E-state index in [4.69, 9.17) is 0 Å². The summed E-state index contributed by atoms with van der Waals surface area (Å²) in [6.45, 7) is 4.32. The minimum atomic E-state index is -0.399. The molecular formula is C13H25NO. The van der Waals surface area contributed by atoms with Crippen LogP contribution in [0.25, 0.3) is 0 Å². The SMILES string of the molecule is CC1(O)CCCN(C2CCCCC2)CC1. The molecule has 1 saturated heterocycles. The molecule has 1 atom stereocenters. The van der Waals surface area contributed by atoms with Crippen molar-refractivity contribution in [1.82, 2.24) is 4.90 Å². The molecule has 2 heteroatoms. The van der Waals surface area contributed by atoms with E-state index in [1.807, 2.05) is 6.92 Å². The molecule has 1 saturated carbocycles. The van der Waals surface area contributed by atoms with Gasteiger partial charge in [0, 0.05) is 12.6 Å². The Morgan fingerprint density at radius 2 is 1.73 bits per heavy atom. The van der Waals surface area contributed by atoms with Gasteiger partial charge in [0.15, 0.2) is 0 Å². The summed E-state index contributed by atoms with van der Waals surface area (Å²) in [6, 6.07) is 0.827. The first-order valence-electron chi connectivity index (χ1n) is 6.64. The lowest BCUT2D eigenvalue weighted by Crippen LogP contribution is -2.38. The molecule has 2 nitrogen and oxygen atoms in total. The second-order valence-electron chi connectivity index (χ2n) is 5.68. The number of rotatable bonds is 1. The van der Waals surface area contributed by atoms with Crippen molar-refractivity contribution in [3.8, 4) is 0 Å². The Kier molecular flexibility index (Phi) is 3.68. The first-order valence-corrected chi connectivity index (χ1v) is 6.64. The Bertz CT molecular complexity index is 197. The van der Waals surface area contributed by atoms with Crippen molar-refractivity contribution < 1.29 is 5.11 Å². The van der Waals surface area contributed by atoms with Crippen LogP contribution >= 0.6 is 0 Å². The monoisotopic (exact) mass is 211 g/mol. The Labute approximate surface area is 93.7 Å². The first-order chi connectivity index (χ1) is 7.17. The fourth-order valence-electron chi connectivity index (χ4n) is 3.10. The normalized spacial score (nSPS) is 36.4. The molecule has 0 aromatic heterocycles. The molecule has 1 aliphatic heterocycles. The molecule has 0 amide bonds. The van der Waals surface area contributed by atoms with Crippen molar-refractivity contribution >= 4 is 0 Å². The minimum Gasteiger partial charge on any atom is -0.390 e. The first kappa shape index (κ1) is 11.4. The second-order valence-corrected chi connectivity index (χ2v) is 5.68. The van der Waals surface area contributed by atoms with Crippen LogP contribution < -0.4 is 0 Å². The third-order valence-corrected chi connectivity index (χ3v) is 4.19. The van der Waals surface area contributed by atoms with E-state index < -0.39 is 5.60 Å². The molecule has 88 valence electrons. The number of likely N-dealkylation sites (tertiary alicyclic amines) is 1. The van der Waals surface area contributed by atoms with Crippen molar-refractivity contribution in [3.05, 3.63) is 0 Å². The van der Waals surface area contributed by atoms with Gasteiger partial charge in [-0.3, -0.25) is 0 Å². The second kappa shape index (κ2) is 4.84. The van der Waals surface area contributed by atoms with Crippen LogP contribution in [0.2, 0.25) is 0 Å². The highest BCUT2D eigenvalue weighted by Crippen LogP contribution is 2.27. The Morgan fingerprint density at radius 3 is 2.47 bits per heavy atom. The smallest absolute Gasteiger partial charge is 0.0632 e. The average Bonchev–Trinajstić information content (AvgIpc) is 2.41. The molecule has 2 fully saturated rings. The van der Waals surface area contributed by atoms with Gasteiger partial charge in [-0.25, -0.2) is 0 Å². The molecule has 1 unspecified atom stereocenters. The van der Waals surface area contributed by atoms with Gasteiger partial charge in [-0.15, -0.1) is 0 Å². The molecule has 2 rings (SSSR count). The van der Waals surface area contributed by atoms with E-state index in [-0.39, 0.29) is 0 Å². The summed E-state index contributed by atoms with van der Waals surface area (Å²) in [6.07, 6.45) is 10.2. The molecule has 1 N–H and O–H groups in total. The summed E-state index contributed by atoms with van der Waals surface area (Å²) in [4.78, 5) is 2.64. The van der Waals surface area contributed by atoms with Crippen molar-refractivity contribution in [2.24, 2.45) is 0 Å². The fourth-order valence-corrected chi connectivity index (χ4v) is 3.10. The van der Waals surface area contributed by atoms with Gasteiger partial charge in [-0.2, -0.15) is 0 Å². The predicted octanol–water partition coefficient (Wildman–Crippen LogP) is 2.56. The standard InChI is InChI=1S/C13H25NO/c1-13(15)8-5-10-14(11-9-13)12-6-3-2-4-7-12/h12,15H,2-11H2,1H3. The maximum atomic E-state index is 10.0. The van der Waals surface area contributed by atoms with Crippen LogP contribution in [-0.2, 0) is 0 Å². The van der Waals surface area contributed by atoms with E-state index >= 15 is 0 Å². The summed E-state index contributed by atoms with van der Waals surface area (Å²) in [5.74, 6) is 0. The lowest BCUT2D eigenvalue weighted by atomic mass is 9.94. The van der Waals surface area contributed by atoms with Gasteiger partial charge >= 0.3 is 0 Å². The summed E-state index contributed by atoms with van der Waals surface area (Å²) in [5, 5.41) is 10.0. The number of aliphatic hydroxyl groups is 1. The molecule has 0 aromatic carbocycles. The van der Waals surface area contributed by atoms with E-state index in [1.165, 1.54) is 45.1 Å². The van der Waals surface area contributed by atoms with E-state index in [0.29, 0.717) is 0 Å². The van der Waals surface area contributed by atoms with Crippen LogP contribution in [0.15, 0.2) is 0 Å². The number of nitrogens with zero attached hydrogens (tertiary/aromatic N) is 1. The van der Waals surface area contributed by atoms with Crippen molar-refractivity contribution in [2.75, 3.05) is 13.1 Å². The quantitative estimate of drug-likeness (QED) is 0.720. The van der Waals surface area contributed by atoms with E-state index in [9.17, 15) is 5.11 Å². The zero-order valence-corrected chi connectivity index (χ0v) is 10.0. The van der Waals surface area contributed by atoms with Gasteiger partial charge in [0.1, 0.15) is 0 Å². The van der Waals surface area contributed by atoms with Crippen LogP contribution in [0.1, 0.15) is 58.3 Å². The Hall–Kier alpha value is -0.0800. The van der Waals surface area contributed by atoms with Gasteiger partial charge < -0.3 is 10.0 Å². The maximum absolute atomic E-state index is 10.0. The zero-order valence-electron chi connectivity index (χ0n) is 10.0. The van der Waals surface area contributed by atoms with Gasteiger partial charge in [-0.05, 0) is 45.6 Å². The molecular weight excluding hydrogens is 186 g/mol. The molecule has 1 aliphatic carbocycles. The van der Waals surface area contributed by atoms with Crippen molar-refractivity contribution in [1.29, 1.82) is 0 Å². The third kappa shape index (κ3) is 3.18. The molecule has 0 aromatic rings. The van der Waals surface area contributed by atoms with Crippen LogP contribution in [0.4, 0.5) is 0 Å². The summed E-state index contributed by atoms with van der Waals surface area (Å²) < 4.78 is 0. The zero-order chi connectivity index (χ0) is 10.7.